The van der Waals surface area contributed by atoms with E-state index in [1.54, 1.807) is 13.1 Å². The van der Waals surface area contributed by atoms with Crippen LogP contribution in [0.2, 0.25) is 0 Å². The van der Waals surface area contributed by atoms with Crippen molar-refractivity contribution in [1.82, 2.24) is 9.97 Å². The molecule has 0 amide bonds. The zero-order valence-corrected chi connectivity index (χ0v) is 11.8. The van der Waals surface area contributed by atoms with E-state index in [9.17, 15) is 4.79 Å². The number of aryl methyl sites for hydroxylation is 1. The summed E-state index contributed by atoms with van der Waals surface area (Å²) in [6.07, 6.45) is 3.11. The number of anilines is 2. The Balaban J connectivity index is 2.49. The Morgan fingerprint density at radius 2 is 2.11 bits per heavy atom. The van der Waals surface area contributed by atoms with Crippen molar-refractivity contribution in [2.24, 2.45) is 0 Å². The molecule has 0 radical (unpaired) electrons. The van der Waals surface area contributed by atoms with Gasteiger partial charge in [-0.1, -0.05) is 6.92 Å². The molecule has 1 heterocycles. The summed E-state index contributed by atoms with van der Waals surface area (Å²) in [6.45, 7) is 7.56. The van der Waals surface area contributed by atoms with Gasteiger partial charge in [0.05, 0.1) is 13.0 Å². The Morgan fingerprint density at radius 1 is 1.32 bits per heavy atom. The zero-order valence-electron chi connectivity index (χ0n) is 11.8. The minimum Gasteiger partial charge on any atom is -0.466 e. The SMILES string of the molecule is CCCNc1ncc(C)c(NCCC(=O)OCC)n1. The minimum absolute atomic E-state index is 0.203. The predicted molar refractivity (Wildman–Crippen MR) is 75.3 cm³/mol. The quantitative estimate of drug-likeness (QED) is 0.701. The van der Waals surface area contributed by atoms with E-state index in [2.05, 4.69) is 27.5 Å². The molecule has 19 heavy (non-hydrogen) atoms. The molecule has 0 unspecified atom stereocenters. The first-order valence-corrected chi connectivity index (χ1v) is 6.64. The number of hydrogen-bond donors (Lipinski definition) is 2. The van der Waals surface area contributed by atoms with Crippen molar-refractivity contribution in [3.8, 4) is 0 Å². The first kappa shape index (κ1) is 15.2. The van der Waals surface area contributed by atoms with E-state index in [1.807, 2.05) is 6.92 Å². The second-order valence-corrected chi connectivity index (χ2v) is 4.13. The van der Waals surface area contributed by atoms with Crippen LogP contribution in [0.15, 0.2) is 6.20 Å². The Hall–Kier alpha value is -1.85. The number of hydrogen-bond acceptors (Lipinski definition) is 6. The summed E-state index contributed by atoms with van der Waals surface area (Å²) in [5.74, 6) is 1.15. The lowest BCUT2D eigenvalue weighted by molar-refractivity contribution is -0.142. The average molecular weight is 266 g/mol. The molecule has 0 aliphatic heterocycles. The third-order valence-corrected chi connectivity index (χ3v) is 2.43. The largest absolute Gasteiger partial charge is 0.466 e. The van der Waals surface area contributed by atoms with Crippen LogP contribution in [-0.4, -0.2) is 35.6 Å². The molecule has 1 rings (SSSR count). The first-order chi connectivity index (χ1) is 9.17. The third kappa shape index (κ3) is 5.54. The second kappa shape index (κ2) is 8.29. The number of carbonyl (C=O) groups excluding carboxylic acids is 1. The van der Waals surface area contributed by atoms with Gasteiger partial charge in [0.25, 0.3) is 0 Å². The molecule has 0 fully saturated rings. The molecule has 2 N–H and O–H groups in total. The van der Waals surface area contributed by atoms with Crippen molar-refractivity contribution in [1.29, 1.82) is 0 Å². The van der Waals surface area contributed by atoms with E-state index in [-0.39, 0.29) is 5.97 Å². The minimum atomic E-state index is -0.203. The first-order valence-electron chi connectivity index (χ1n) is 6.64. The van der Waals surface area contributed by atoms with Crippen LogP contribution in [0.1, 0.15) is 32.3 Å². The Kier molecular flexibility index (Phi) is 6.63. The summed E-state index contributed by atoms with van der Waals surface area (Å²) < 4.78 is 4.86. The molecule has 1 aromatic heterocycles. The Morgan fingerprint density at radius 3 is 2.79 bits per heavy atom. The average Bonchev–Trinajstić information content (AvgIpc) is 2.39. The molecule has 106 valence electrons. The molecular weight excluding hydrogens is 244 g/mol. The molecule has 0 atom stereocenters. The highest BCUT2D eigenvalue weighted by Crippen LogP contribution is 2.12. The maximum atomic E-state index is 11.2. The fourth-order valence-electron chi connectivity index (χ4n) is 1.46. The summed E-state index contributed by atoms with van der Waals surface area (Å²) in [5.41, 5.74) is 0.950. The summed E-state index contributed by atoms with van der Waals surface area (Å²) in [6, 6.07) is 0. The molecule has 0 aliphatic rings. The number of esters is 1. The van der Waals surface area contributed by atoms with E-state index in [0.717, 1.165) is 24.3 Å². The number of rotatable bonds is 8. The standard InChI is InChI=1S/C13H22N4O2/c1-4-7-15-13-16-9-10(3)12(17-13)14-8-6-11(18)19-5-2/h9H,4-8H2,1-3H3,(H2,14,15,16,17). The van der Waals surface area contributed by atoms with Gasteiger partial charge in [-0.05, 0) is 20.3 Å². The normalized spacial score (nSPS) is 10.1. The molecule has 6 nitrogen and oxygen atoms in total. The van der Waals surface area contributed by atoms with Crippen LogP contribution in [-0.2, 0) is 9.53 Å². The molecule has 0 saturated carbocycles. The Labute approximate surface area is 114 Å². The van der Waals surface area contributed by atoms with Crippen LogP contribution < -0.4 is 10.6 Å². The van der Waals surface area contributed by atoms with Gasteiger partial charge >= 0.3 is 5.97 Å². The van der Waals surface area contributed by atoms with Crippen molar-refractivity contribution in [2.45, 2.75) is 33.6 Å². The fraction of sp³-hybridized carbons (Fsp3) is 0.615. The molecule has 6 heteroatoms. The highest BCUT2D eigenvalue weighted by molar-refractivity contribution is 5.70. The van der Waals surface area contributed by atoms with Gasteiger partial charge in [0.2, 0.25) is 5.95 Å². The molecule has 0 aliphatic carbocycles. The summed E-state index contributed by atoms with van der Waals surface area (Å²) in [7, 11) is 0. The van der Waals surface area contributed by atoms with Crippen molar-refractivity contribution in [2.75, 3.05) is 30.3 Å². The maximum absolute atomic E-state index is 11.2. The third-order valence-electron chi connectivity index (χ3n) is 2.43. The number of aromatic nitrogens is 2. The van der Waals surface area contributed by atoms with Gasteiger partial charge in [-0.2, -0.15) is 4.98 Å². The molecule has 1 aromatic rings. The number of carbonyl (C=O) groups is 1. The second-order valence-electron chi connectivity index (χ2n) is 4.13. The van der Waals surface area contributed by atoms with Crippen LogP contribution in [0.5, 0.6) is 0 Å². The molecule has 0 saturated heterocycles. The monoisotopic (exact) mass is 266 g/mol. The van der Waals surface area contributed by atoms with Gasteiger partial charge in [-0.3, -0.25) is 4.79 Å². The highest BCUT2D eigenvalue weighted by atomic mass is 16.5. The maximum Gasteiger partial charge on any atom is 0.307 e. The molecule has 0 spiro atoms. The number of nitrogens with one attached hydrogen (secondary N) is 2. The van der Waals surface area contributed by atoms with Crippen LogP contribution in [0.4, 0.5) is 11.8 Å². The van der Waals surface area contributed by atoms with Gasteiger partial charge in [0, 0.05) is 24.8 Å². The van der Waals surface area contributed by atoms with Gasteiger partial charge < -0.3 is 15.4 Å². The van der Waals surface area contributed by atoms with Gasteiger partial charge in [-0.15, -0.1) is 0 Å². The lowest BCUT2D eigenvalue weighted by atomic mass is 10.3. The number of ether oxygens (including phenoxy) is 1. The van der Waals surface area contributed by atoms with Crippen molar-refractivity contribution < 1.29 is 9.53 Å². The number of nitrogens with zero attached hydrogens (tertiary/aromatic N) is 2. The lowest BCUT2D eigenvalue weighted by Crippen LogP contribution is -2.14. The van der Waals surface area contributed by atoms with Crippen LogP contribution in [0.25, 0.3) is 0 Å². The molecule has 0 bridgehead atoms. The summed E-state index contributed by atoms with van der Waals surface area (Å²) in [4.78, 5) is 19.8. The van der Waals surface area contributed by atoms with Gasteiger partial charge in [0.1, 0.15) is 5.82 Å². The van der Waals surface area contributed by atoms with E-state index >= 15 is 0 Å². The fourth-order valence-corrected chi connectivity index (χ4v) is 1.46. The van der Waals surface area contributed by atoms with E-state index in [4.69, 9.17) is 4.74 Å². The highest BCUT2D eigenvalue weighted by Gasteiger charge is 2.05. The Bertz CT molecular complexity index is 410. The van der Waals surface area contributed by atoms with Crippen LogP contribution in [0.3, 0.4) is 0 Å². The van der Waals surface area contributed by atoms with Crippen molar-refractivity contribution in [3.63, 3.8) is 0 Å². The molecule has 0 aromatic carbocycles. The topological polar surface area (TPSA) is 76.1 Å². The lowest BCUT2D eigenvalue weighted by Gasteiger charge is -2.10. The van der Waals surface area contributed by atoms with Crippen LogP contribution >= 0.6 is 0 Å². The smallest absolute Gasteiger partial charge is 0.307 e. The van der Waals surface area contributed by atoms with Gasteiger partial charge in [0.15, 0.2) is 0 Å². The van der Waals surface area contributed by atoms with E-state index in [1.165, 1.54) is 0 Å². The molecular formula is C13H22N4O2. The van der Waals surface area contributed by atoms with Crippen molar-refractivity contribution >= 4 is 17.7 Å². The van der Waals surface area contributed by atoms with Crippen molar-refractivity contribution in [3.05, 3.63) is 11.8 Å². The summed E-state index contributed by atoms with van der Waals surface area (Å²) in [5, 5.41) is 6.25. The van der Waals surface area contributed by atoms with Gasteiger partial charge in [-0.25, -0.2) is 4.98 Å². The summed E-state index contributed by atoms with van der Waals surface area (Å²) >= 11 is 0. The zero-order chi connectivity index (χ0) is 14.1. The van der Waals surface area contributed by atoms with Crippen LogP contribution in [0, 0.1) is 6.92 Å². The van der Waals surface area contributed by atoms with E-state index in [0.29, 0.717) is 25.5 Å². The predicted octanol–water partition coefficient (Wildman–Crippen LogP) is 1.97. The van der Waals surface area contributed by atoms with E-state index < -0.39 is 0 Å².